The van der Waals surface area contributed by atoms with Gasteiger partial charge in [-0.25, -0.2) is 0 Å². The standard InChI is InChI=1S/C12H12O2/c1-8(13)12-9(2)14-7-10-5-3-4-6-11(10)12/h3-6H,7H2,1-2H3. The molecular formula is C12H12O2. The molecule has 2 rings (SSSR count). The first-order valence-electron chi connectivity index (χ1n) is 4.63. The summed E-state index contributed by atoms with van der Waals surface area (Å²) in [5, 5.41) is 0. The van der Waals surface area contributed by atoms with E-state index < -0.39 is 0 Å². The first-order valence-corrected chi connectivity index (χ1v) is 4.63. The van der Waals surface area contributed by atoms with Crippen molar-refractivity contribution in [2.24, 2.45) is 0 Å². The van der Waals surface area contributed by atoms with Crippen LogP contribution in [-0.4, -0.2) is 5.78 Å². The highest BCUT2D eigenvalue weighted by Crippen LogP contribution is 2.29. The number of hydrogen-bond donors (Lipinski definition) is 0. The molecule has 1 aromatic carbocycles. The Kier molecular flexibility index (Phi) is 2.12. The molecule has 14 heavy (non-hydrogen) atoms. The fraction of sp³-hybridized carbons (Fsp3) is 0.250. The zero-order valence-corrected chi connectivity index (χ0v) is 8.33. The third-order valence-corrected chi connectivity index (χ3v) is 2.44. The maximum Gasteiger partial charge on any atom is 0.163 e. The fourth-order valence-corrected chi connectivity index (χ4v) is 1.78. The molecule has 0 radical (unpaired) electrons. The van der Waals surface area contributed by atoms with Crippen molar-refractivity contribution in [1.29, 1.82) is 0 Å². The second-order valence-electron chi connectivity index (χ2n) is 3.43. The molecule has 0 fully saturated rings. The van der Waals surface area contributed by atoms with Crippen molar-refractivity contribution in [3.63, 3.8) is 0 Å². The summed E-state index contributed by atoms with van der Waals surface area (Å²) in [5.41, 5.74) is 2.82. The van der Waals surface area contributed by atoms with Crippen LogP contribution in [0.1, 0.15) is 25.0 Å². The molecular weight excluding hydrogens is 176 g/mol. The molecule has 1 heterocycles. The monoisotopic (exact) mass is 188 g/mol. The van der Waals surface area contributed by atoms with Gasteiger partial charge in [-0.15, -0.1) is 0 Å². The molecule has 0 bridgehead atoms. The van der Waals surface area contributed by atoms with Crippen LogP contribution in [0.3, 0.4) is 0 Å². The van der Waals surface area contributed by atoms with Crippen molar-refractivity contribution in [1.82, 2.24) is 0 Å². The molecule has 0 unspecified atom stereocenters. The van der Waals surface area contributed by atoms with Crippen LogP contribution in [0, 0.1) is 0 Å². The number of carbonyl (C=O) groups excluding carboxylic acids is 1. The van der Waals surface area contributed by atoms with Crippen molar-refractivity contribution in [2.45, 2.75) is 20.5 Å². The Hall–Kier alpha value is -1.57. The lowest BCUT2D eigenvalue weighted by molar-refractivity contribution is -0.112. The number of hydrogen-bond acceptors (Lipinski definition) is 2. The summed E-state index contributed by atoms with van der Waals surface area (Å²) in [7, 11) is 0. The predicted octanol–water partition coefficient (Wildman–Crippen LogP) is 2.54. The Morgan fingerprint density at radius 2 is 2.07 bits per heavy atom. The Morgan fingerprint density at radius 3 is 2.79 bits per heavy atom. The van der Waals surface area contributed by atoms with Crippen LogP contribution in [0.25, 0.3) is 5.57 Å². The smallest absolute Gasteiger partial charge is 0.163 e. The number of rotatable bonds is 1. The highest BCUT2D eigenvalue weighted by molar-refractivity contribution is 6.20. The lowest BCUT2D eigenvalue weighted by atomic mass is 9.95. The van der Waals surface area contributed by atoms with Gasteiger partial charge in [0.2, 0.25) is 0 Å². The summed E-state index contributed by atoms with van der Waals surface area (Å²) < 4.78 is 5.44. The Balaban J connectivity index is 2.62. The van der Waals surface area contributed by atoms with Crippen molar-refractivity contribution in [3.05, 3.63) is 41.2 Å². The van der Waals surface area contributed by atoms with E-state index in [9.17, 15) is 4.79 Å². The summed E-state index contributed by atoms with van der Waals surface area (Å²) in [6.45, 7) is 3.98. The van der Waals surface area contributed by atoms with E-state index >= 15 is 0 Å². The Morgan fingerprint density at radius 1 is 1.36 bits per heavy atom. The number of fused-ring (bicyclic) bond motifs is 1. The zero-order chi connectivity index (χ0) is 10.1. The number of benzene rings is 1. The van der Waals surface area contributed by atoms with Crippen LogP contribution in [0.5, 0.6) is 0 Å². The average molecular weight is 188 g/mol. The first-order chi connectivity index (χ1) is 6.70. The van der Waals surface area contributed by atoms with Crippen LogP contribution in [0.4, 0.5) is 0 Å². The molecule has 1 aromatic rings. The fourth-order valence-electron chi connectivity index (χ4n) is 1.78. The maximum absolute atomic E-state index is 11.4. The molecule has 72 valence electrons. The molecule has 0 aromatic heterocycles. The van der Waals surface area contributed by atoms with Crippen molar-refractivity contribution >= 4 is 11.4 Å². The zero-order valence-electron chi connectivity index (χ0n) is 8.33. The van der Waals surface area contributed by atoms with E-state index in [4.69, 9.17) is 4.74 Å². The third-order valence-electron chi connectivity index (χ3n) is 2.44. The quantitative estimate of drug-likeness (QED) is 0.677. The van der Waals surface area contributed by atoms with Gasteiger partial charge in [0.15, 0.2) is 5.78 Å². The minimum Gasteiger partial charge on any atom is -0.493 e. The topological polar surface area (TPSA) is 26.3 Å². The number of allylic oxidation sites excluding steroid dienone is 2. The highest BCUT2D eigenvalue weighted by Gasteiger charge is 2.19. The van der Waals surface area contributed by atoms with Crippen LogP contribution in [-0.2, 0) is 16.1 Å². The molecule has 1 aliphatic heterocycles. The van der Waals surface area contributed by atoms with Gasteiger partial charge in [-0.3, -0.25) is 4.79 Å². The molecule has 0 N–H and O–H groups in total. The van der Waals surface area contributed by atoms with E-state index in [1.807, 2.05) is 31.2 Å². The van der Waals surface area contributed by atoms with Gasteiger partial charge >= 0.3 is 0 Å². The van der Waals surface area contributed by atoms with Gasteiger partial charge in [-0.1, -0.05) is 24.3 Å². The van der Waals surface area contributed by atoms with Crippen molar-refractivity contribution in [3.8, 4) is 0 Å². The molecule has 0 spiro atoms. The van der Waals surface area contributed by atoms with Gasteiger partial charge in [-0.05, 0) is 25.0 Å². The van der Waals surface area contributed by atoms with Gasteiger partial charge in [0.05, 0.1) is 5.57 Å². The Bertz CT molecular complexity index is 416. The predicted molar refractivity (Wildman–Crippen MR) is 54.5 cm³/mol. The molecule has 1 aliphatic rings. The third kappa shape index (κ3) is 1.33. The number of Topliss-reactive ketones (excluding diaryl/α,β-unsaturated/α-hetero) is 1. The lowest BCUT2D eigenvalue weighted by Crippen LogP contribution is -2.10. The summed E-state index contributed by atoms with van der Waals surface area (Å²) >= 11 is 0. The van der Waals surface area contributed by atoms with Gasteiger partial charge in [0.1, 0.15) is 12.4 Å². The molecule has 0 saturated heterocycles. The largest absolute Gasteiger partial charge is 0.493 e. The highest BCUT2D eigenvalue weighted by atomic mass is 16.5. The molecule has 0 aliphatic carbocycles. The van der Waals surface area contributed by atoms with E-state index in [2.05, 4.69) is 0 Å². The van der Waals surface area contributed by atoms with Crippen LogP contribution in [0.2, 0.25) is 0 Å². The Labute approximate surface area is 83.2 Å². The van der Waals surface area contributed by atoms with Gasteiger partial charge < -0.3 is 4.74 Å². The van der Waals surface area contributed by atoms with E-state index in [0.29, 0.717) is 12.2 Å². The van der Waals surface area contributed by atoms with Crippen LogP contribution < -0.4 is 0 Å². The summed E-state index contributed by atoms with van der Waals surface area (Å²) in [6, 6.07) is 7.86. The van der Waals surface area contributed by atoms with E-state index in [1.54, 1.807) is 6.92 Å². The lowest BCUT2D eigenvalue weighted by Gasteiger charge is -2.20. The van der Waals surface area contributed by atoms with E-state index in [0.717, 1.165) is 16.9 Å². The summed E-state index contributed by atoms with van der Waals surface area (Å²) in [4.78, 5) is 11.4. The minimum absolute atomic E-state index is 0.0645. The summed E-state index contributed by atoms with van der Waals surface area (Å²) in [5.74, 6) is 0.797. The normalized spacial score (nSPS) is 14.7. The molecule has 2 heteroatoms. The van der Waals surface area contributed by atoms with Gasteiger partial charge in [0, 0.05) is 0 Å². The first kappa shape index (κ1) is 9.00. The SMILES string of the molecule is CC(=O)C1=C(C)OCc2ccccc21. The van der Waals surface area contributed by atoms with Crippen molar-refractivity contribution < 1.29 is 9.53 Å². The molecule has 0 atom stereocenters. The maximum atomic E-state index is 11.4. The van der Waals surface area contributed by atoms with Crippen molar-refractivity contribution in [2.75, 3.05) is 0 Å². The number of carbonyl (C=O) groups is 1. The van der Waals surface area contributed by atoms with Crippen LogP contribution >= 0.6 is 0 Å². The van der Waals surface area contributed by atoms with Gasteiger partial charge in [0.25, 0.3) is 0 Å². The van der Waals surface area contributed by atoms with E-state index in [1.165, 1.54) is 0 Å². The number of ether oxygens (including phenoxy) is 1. The van der Waals surface area contributed by atoms with Crippen LogP contribution in [0.15, 0.2) is 30.0 Å². The molecule has 0 amide bonds. The summed E-state index contributed by atoms with van der Waals surface area (Å²) in [6.07, 6.45) is 0. The van der Waals surface area contributed by atoms with E-state index in [-0.39, 0.29) is 5.78 Å². The average Bonchev–Trinajstić information content (AvgIpc) is 2.17. The number of ketones is 1. The van der Waals surface area contributed by atoms with Gasteiger partial charge in [-0.2, -0.15) is 0 Å². The minimum atomic E-state index is 0.0645. The second kappa shape index (κ2) is 3.29. The molecule has 0 saturated carbocycles. The molecule has 2 nitrogen and oxygen atoms in total. The second-order valence-corrected chi connectivity index (χ2v) is 3.43.